The van der Waals surface area contributed by atoms with Gasteiger partial charge in [-0.05, 0) is 31.9 Å². The van der Waals surface area contributed by atoms with Crippen LogP contribution in [0.15, 0.2) is 24.3 Å². The Morgan fingerprint density at radius 2 is 1.92 bits per heavy atom. The van der Waals surface area contributed by atoms with Crippen molar-refractivity contribution in [2.75, 3.05) is 46.0 Å². The molecule has 1 aromatic carbocycles. The number of aryl methyl sites for hydroxylation is 1. The van der Waals surface area contributed by atoms with E-state index in [2.05, 4.69) is 4.90 Å². The number of hydrogen-bond acceptors (Lipinski definition) is 5. The van der Waals surface area contributed by atoms with Gasteiger partial charge < -0.3 is 19.5 Å². The number of carbonyl (C=O) groups excluding carboxylic acids is 1. The van der Waals surface area contributed by atoms with Crippen LogP contribution in [0.3, 0.4) is 0 Å². The first-order valence-corrected chi connectivity index (χ1v) is 9.44. The van der Waals surface area contributed by atoms with E-state index >= 15 is 0 Å². The summed E-state index contributed by atoms with van der Waals surface area (Å²) in [6, 6.07) is 8.19. The maximum Gasteiger partial charge on any atom is 0.219 e. The third-order valence-electron chi connectivity index (χ3n) is 5.32. The Morgan fingerprint density at radius 3 is 2.58 bits per heavy atom. The molecule has 3 rings (SSSR count). The highest BCUT2D eigenvalue weighted by Crippen LogP contribution is 2.23. The van der Waals surface area contributed by atoms with Gasteiger partial charge in [0, 0.05) is 45.8 Å². The summed E-state index contributed by atoms with van der Waals surface area (Å²) in [5.41, 5.74) is 0.0738. The SMILES string of the molecule is CC(=O)N1CCN(C2CCOCC2)CC(O)(COc2ccc(C)cc2)C1. The predicted octanol–water partition coefficient (Wildman–Crippen LogP) is 1.45. The molecule has 0 aliphatic carbocycles. The van der Waals surface area contributed by atoms with E-state index in [1.165, 1.54) is 5.56 Å². The van der Waals surface area contributed by atoms with Crippen LogP contribution in [-0.2, 0) is 9.53 Å². The number of nitrogens with zero attached hydrogens (tertiary/aromatic N) is 2. The molecule has 6 heteroatoms. The minimum atomic E-state index is -1.09. The molecule has 0 radical (unpaired) electrons. The fraction of sp³-hybridized carbons (Fsp3) is 0.650. The van der Waals surface area contributed by atoms with Gasteiger partial charge >= 0.3 is 0 Å². The molecule has 26 heavy (non-hydrogen) atoms. The highest BCUT2D eigenvalue weighted by molar-refractivity contribution is 5.73. The lowest BCUT2D eigenvalue weighted by Gasteiger charge is -2.37. The maximum absolute atomic E-state index is 12.0. The highest BCUT2D eigenvalue weighted by atomic mass is 16.5. The molecule has 1 amide bonds. The monoisotopic (exact) mass is 362 g/mol. The molecular formula is C20H30N2O4. The highest BCUT2D eigenvalue weighted by Gasteiger charge is 2.39. The predicted molar refractivity (Wildman–Crippen MR) is 99.3 cm³/mol. The number of ether oxygens (including phenoxy) is 2. The molecule has 144 valence electrons. The Balaban J connectivity index is 1.71. The molecule has 2 aliphatic rings. The lowest BCUT2D eigenvalue weighted by atomic mass is 10.0. The van der Waals surface area contributed by atoms with Crippen molar-refractivity contribution in [3.05, 3.63) is 29.8 Å². The lowest BCUT2D eigenvalue weighted by molar-refractivity contribution is -0.132. The second-order valence-corrected chi connectivity index (χ2v) is 7.58. The molecule has 1 aromatic rings. The standard InChI is InChI=1S/C20H30N2O4/c1-16-3-5-19(6-4-16)26-15-20(24)13-21(17(2)23)9-10-22(14-20)18-7-11-25-12-8-18/h3-6,18,24H,7-15H2,1-2H3. The van der Waals surface area contributed by atoms with Gasteiger partial charge in [-0.2, -0.15) is 0 Å². The molecule has 1 atom stereocenters. The quantitative estimate of drug-likeness (QED) is 0.878. The molecule has 2 aliphatic heterocycles. The van der Waals surface area contributed by atoms with Crippen LogP contribution in [0.25, 0.3) is 0 Å². The van der Waals surface area contributed by atoms with Crippen LogP contribution in [0, 0.1) is 6.92 Å². The van der Waals surface area contributed by atoms with E-state index in [1.807, 2.05) is 31.2 Å². The van der Waals surface area contributed by atoms with Crippen LogP contribution >= 0.6 is 0 Å². The summed E-state index contributed by atoms with van der Waals surface area (Å²) in [6.07, 6.45) is 1.93. The summed E-state index contributed by atoms with van der Waals surface area (Å²) in [5, 5.41) is 11.3. The topological polar surface area (TPSA) is 62.2 Å². The number of carbonyl (C=O) groups is 1. The van der Waals surface area contributed by atoms with Gasteiger partial charge in [0.15, 0.2) is 0 Å². The molecule has 2 heterocycles. The Hall–Kier alpha value is -1.63. The van der Waals surface area contributed by atoms with E-state index in [9.17, 15) is 9.90 Å². The van der Waals surface area contributed by atoms with Crippen LogP contribution in [0.5, 0.6) is 5.75 Å². The third-order valence-corrected chi connectivity index (χ3v) is 5.32. The van der Waals surface area contributed by atoms with Crippen molar-refractivity contribution >= 4 is 5.91 Å². The van der Waals surface area contributed by atoms with Crippen LogP contribution in [0.4, 0.5) is 0 Å². The van der Waals surface area contributed by atoms with E-state index in [-0.39, 0.29) is 12.5 Å². The first-order chi connectivity index (χ1) is 12.5. The number of β-amino-alcohol motifs (C(OH)–C–C–N with tert-alkyl or cyclic N) is 1. The normalized spacial score (nSPS) is 25.7. The average Bonchev–Trinajstić information content (AvgIpc) is 2.82. The average molecular weight is 362 g/mol. The van der Waals surface area contributed by atoms with Crippen LogP contribution in [0.1, 0.15) is 25.3 Å². The zero-order chi connectivity index (χ0) is 18.6. The van der Waals surface area contributed by atoms with E-state index in [4.69, 9.17) is 9.47 Å². The molecule has 0 saturated carbocycles. The van der Waals surface area contributed by atoms with Gasteiger partial charge in [0.2, 0.25) is 5.91 Å². The van der Waals surface area contributed by atoms with Crippen molar-refractivity contribution in [2.45, 2.75) is 38.3 Å². The van der Waals surface area contributed by atoms with Crippen LogP contribution < -0.4 is 4.74 Å². The summed E-state index contributed by atoms with van der Waals surface area (Å²) < 4.78 is 11.4. The molecule has 0 aromatic heterocycles. The number of rotatable bonds is 4. The van der Waals surface area contributed by atoms with Crippen molar-refractivity contribution in [2.24, 2.45) is 0 Å². The van der Waals surface area contributed by atoms with Crippen molar-refractivity contribution in [3.8, 4) is 5.75 Å². The maximum atomic E-state index is 12.0. The molecule has 0 bridgehead atoms. The van der Waals surface area contributed by atoms with Crippen LogP contribution in [0.2, 0.25) is 0 Å². The molecule has 0 spiro atoms. The minimum Gasteiger partial charge on any atom is -0.490 e. The van der Waals surface area contributed by atoms with Crippen molar-refractivity contribution < 1.29 is 19.4 Å². The van der Waals surface area contributed by atoms with Gasteiger partial charge in [-0.15, -0.1) is 0 Å². The van der Waals surface area contributed by atoms with Crippen molar-refractivity contribution in [1.82, 2.24) is 9.80 Å². The van der Waals surface area contributed by atoms with Gasteiger partial charge in [-0.25, -0.2) is 0 Å². The zero-order valence-electron chi connectivity index (χ0n) is 15.8. The Labute approximate surface area is 155 Å². The summed E-state index contributed by atoms with van der Waals surface area (Å²) in [5.74, 6) is 0.729. The Bertz CT molecular complexity index is 600. The molecule has 1 unspecified atom stereocenters. The van der Waals surface area contributed by atoms with Gasteiger partial charge in [0.25, 0.3) is 0 Å². The number of aliphatic hydroxyl groups is 1. The fourth-order valence-electron chi connectivity index (χ4n) is 3.76. The molecule has 1 N–H and O–H groups in total. The summed E-state index contributed by atoms with van der Waals surface area (Å²) >= 11 is 0. The van der Waals surface area contributed by atoms with Gasteiger partial charge in [-0.3, -0.25) is 9.69 Å². The molecule has 2 saturated heterocycles. The van der Waals surface area contributed by atoms with Crippen molar-refractivity contribution in [1.29, 1.82) is 0 Å². The fourth-order valence-corrected chi connectivity index (χ4v) is 3.76. The first kappa shape index (κ1) is 19.1. The van der Waals surface area contributed by atoms with Gasteiger partial charge in [-0.1, -0.05) is 17.7 Å². The molecule has 2 fully saturated rings. The van der Waals surface area contributed by atoms with Crippen LogP contribution in [-0.4, -0.2) is 78.5 Å². The van der Waals surface area contributed by atoms with E-state index in [0.29, 0.717) is 25.7 Å². The minimum absolute atomic E-state index is 0.00686. The second kappa shape index (κ2) is 8.37. The van der Waals surface area contributed by atoms with Crippen molar-refractivity contribution in [3.63, 3.8) is 0 Å². The molecular weight excluding hydrogens is 332 g/mol. The number of amides is 1. The summed E-state index contributed by atoms with van der Waals surface area (Å²) in [4.78, 5) is 16.0. The largest absolute Gasteiger partial charge is 0.490 e. The van der Waals surface area contributed by atoms with Gasteiger partial charge in [0.05, 0.1) is 6.54 Å². The Kier molecular flexibility index (Phi) is 6.16. The van der Waals surface area contributed by atoms with E-state index in [0.717, 1.165) is 38.3 Å². The smallest absolute Gasteiger partial charge is 0.219 e. The summed E-state index contributed by atoms with van der Waals surface area (Å²) in [6.45, 7) is 7.49. The lowest BCUT2D eigenvalue weighted by Crippen LogP contribution is -2.53. The second-order valence-electron chi connectivity index (χ2n) is 7.58. The zero-order valence-corrected chi connectivity index (χ0v) is 15.8. The Morgan fingerprint density at radius 1 is 1.23 bits per heavy atom. The summed E-state index contributed by atoms with van der Waals surface area (Å²) in [7, 11) is 0. The molecule has 6 nitrogen and oxygen atoms in total. The number of hydrogen-bond donors (Lipinski definition) is 1. The third kappa shape index (κ3) is 4.96. The van der Waals surface area contributed by atoms with E-state index in [1.54, 1.807) is 11.8 Å². The first-order valence-electron chi connectivity index (χ1n) is 9.44. The number of benzene rings is 1. The van der Waals surface area contributed by atoms with Gasteiger partial charge in [0.1, 0.15) is 18.0 Å². The van der Waals surface area contributed by atoms with E-state index < -0.39 is 5.60 Å².